The summed E-state index contributed by atoms with van der Waals surface area (Å²) >= 11 is 0. The second-order valence-corrected chi connectivity index (χ2v) is 4.70. The van der Waals surface area contributed by atoms with E-state index in [9.17, 15) is 13.2 Å². The van der Waals surface area contributed by atoms with Crippen molar-refractivity contribution in [2.24, 2.45) is 0 Å². The van der Waals surface area contributed by atoms with Crippen molar-refractivity contribution in [2.75, 3.05) is 0 Å². The minimum Gasteiger partial charge on any atom is -0.255 e. The molecule has 0 N–H and O–H groups in total. The molecule has 2 aromatic heterocycles. The SMILES string of the molecule is N#Cc1cc(C(F)(F)F)ccc1-n1ccc(-c2ccccn2)n1. The van der Waals surface area contributed by atoms with Crippen molar-refractivity contribution in [3.05, 3.63) is 66.0 Å². The third kappa shape index (κ3) is 2.92. The van der Waals surface area contributed by atoms with Gasteiger partial charge in [-0.2, -0.15) is 23.5 Å². The monoisotopic (exact) mass is 314 g/mol. The first kappa shape index (κ1) is 14.8. The van der Waals surface area contributed by atoms with Crippen LogP contribution in [-0.2, 0) is 6.18 Å². The molecule has 2 heterocycles. The molecule has 0 fully saturated rings. The lowest BCUT2D eigenvalue weighted by Crippen LogP contribution is -2.07. The second kappa shape index (κ2) is 5.57. The van der Waals surface area contributed by atoms with Gasteiger partial charge < -0.3 is 0 Å². The molecule has 0 atom stereocenters. The van der Waals surface area contributed by atoms with Crippen molar-refractivity contribution in [1.29, 1.82) is 5.26 Å². The fourth-order valence-electron chi connectivity index (χ4n) is 2.11. The van der Waals surface area contributed by atoms with Crippen LogP contribution in [0.5, 0.6) is 0 Å². The number of benzene rings is 1. The topological polar surface area (TPSA) is 54.5 Å². The van der Waals surface area contributed by atoms with E-state index in [1.165, 1.54) is 10.7 Å². The third-order valence-corrected chi connectivity index (χ3v) is 3.21. The predicted molar refractivity (Wildman–Crippen MR) is 76.5 cm³/mol. The van der Waals surface area contributed by atoms with Gasteiger partial charge in [-0.3, -0.25) is 4.98 Å². The molecule has 0 bridgehead atoms. The minimum atomic E-state index is -4.49. The van der Waals surface area contributed by atoms with Crippen LogP contribution in [0.1, 0.15) is 11.1 Å². The molecular formula is C16H9F3N4. The van der Waals surface area contributed by atoms with Gasteiger partial charge >= 0.3 is 6.18 Å². The maximum Gasteiger partial charge on any atom is 0.416 e. The van der Waals surface area contributed by atoms with Crippen molar-refractivity contribution in [2.45, 2.75) is 6.18 Å². The first-order valence-corrected chi connectivity index (χ1v) is 6.58. The van der Waals surface area contributed by atoms with Crippen LogP contribution in [0.2, 0.25) is 0 Å². The molecule has 0 spiro atoms. The van der Waals surface area contributed by atoms with Crippen molar-refractivity contribution < 1.29 is 13.2 Å². The van der Waals surface area contributed by atoms with E-state index in [2.05, 4.69) is 10.1 Å². The number of hydrogen-bond donors (Lipinski definition) is 0. The second-order valence-electron chi connectivity index (χ2n) is 4.70. The lowest BCUT2D eigenvalue weighted by molar-refractivity contribution is -0.137. The predicted octanol–water partition coefficient (Wildman–Crippen LogP) is 3.82. The Morgan fingerprint density at radius 1 is 1.04 bits per heavy atom. The highest BCUT2D eigenvalue weighted by molar-refractivity contribution is 5.55. The number of aromatic nitrogens is 3. The molecule has 1 aromatic carbocycles. The van der Waals surface area contributed by atoms with Crippen molar-refractivity contribution in [3.8, 4) is 23.1 Å². The molecule has 3 aromatic rings. The Labute approximate surface area is 129 Å². The Bertz CT molecular complexity index is 876. The molecule has 0 aliphatic carbocycles. The summed E-state index contributed by atoms with van der Waals surface area (Å²) in [5.41, 5.74) is 0.513. The molecular weight excluding hydrogens is 305 g/mol. The van der Waals surface area contributed by atoms with E-state index >= 15 is 0 Å². The van der Waals surface area contributed by atoms with Crippen LogP contribution in [0, 0.1) is 11.3 Å². The van der Waals surface area contributed by atoms with Gasteiger partial charge in [0, 0.05) is 12.4 Å². The molecule has 0 radical (unpaired) electrons. The maximum absolute atomic E-state index is 12.7. The van der Waals surface area contributed by atoms with Gasteiger partial charge in [-0.25, -0.2) is 4.68 Å². The van der Waals surface area contributed by atoms with Crippen LogP contribution in [-0.4, -0.2) is 14.8 Å². The fraction of sp³-hybridized carbons (Fsp3) is 0.0625. The number of pyridine rings is 1. The smallest absolute Gasteiger partial charge is 0.255 e. The standard InChI is InChI=1S/C16H9F3N4/c17-16(18,19)12-4-5-15(11(9-12)10-20)23-8-6-14(22-23)13-3-1-2-7-21-13/h1-9H. The highest BCUT2D eigenvalue weighted by Crippen LogP contribution is 2.31. The van der Waals surface area contributed by atoms with E-state index in [-0.39, 0.29) is 11.3 Å². The highest BCUT2D eigenvalue weighted by atomic mass is 19.4. The van der Waals surface area contributed by atoms with Crippen LogP contribution in [0.4, 0.5) is 13.2 Å². The Hall–Kier alpha value is -3.14. The lowest BCUT2D eigenvalue weighted by Gasteiger charge is -2.09. The van der Waals surface area contributed by atoms with Gasteiger partial charge in [-0.15, -0.1) is 0 Å². The summed E-state index contributed by atoms with van der Waals surface area (Å²) in [5.74, 6) is 0. The zero-order chi connectivity index (χ0) is 16.4. The fourth-order valence-corrected chi connectivity index (χ4v) is 2.11. The quantitative estimate of drug-likeness (QED) is 0.722. The minimum absolute atomic E-state index is 0.101. The van der Waals surface area contributed by atoms with E-state index in [1.807, 2.05) is 0 Å². The van der Waals surface area contributed by atoms with E-state index in [0.29, 0.717) is 11.4 Å². The van der Waals surface area contributed by atoms with Crippen LogP contribution >= 0.6 is 0 Å². The van der Waals surface area contributed by atoms with E-state index < -0.39 is 11.7 Å². The van der Waals surface area contributed by atoms with E-state index in [1.54, 1.807) is 42.7 Å². The van der Waals surface area contributed by atoms with Crippen LogP contribution in [0.25, 0.3) is 17.1 Å². The average Bonchev–Trinajstić information content (AvgIpc) is 3.04. The first-order valence-electron chi connectivity index (χ1n) is 6.58. The van der Waals surface area contributed by atoms with Crippen molar-refractivity contribution in [3.63, 3.8) is 0 Å². The number of nitrogens with zero attached hydrogens (tertiary/aromatic N) is 4. The Kier molecular flexibility index (Phi) is 3.58. The van der Waals surface area contributed by atoms with Gasteiger partial charge in [0.05, 0.1) is 22.5 Å². The Morgan fingerprint density at radius 3 is 2.52 bits per heavy atom. The summed E-state index contributed by atoms with van der Waals surface area (Å²) in [6, 6.07) is 11.8. The van der Waals surface area contributed by atoms with Crippen LogP contribution in [0.15, 0.2) is 54.9 Å². The molecule has 0 saturated carbocycles. The molecule has 114 valence electrons. The number of alkyl halides is 3. The van der Waals surface area contributed by atoms with Crippen molar-refractivity contribution >= 4 is 0 Å². The highest BCUT2D eigenvalue weighted by Gasteiger charge is 2.31. The summed E-state index contributed by atoms with van der Waals surface area (Å²) < 4.78 is 39.5. The van der Waals surface area contributed by atoms with Gasteiger partial charge in [0.15, 0.2) is 0 Å². The summed E-state index contributed by atoms with van der Waals surface area (Å²) in [6.07, 6.45) is -1.30. The number of nitriles is 1. The van der Waals surface area contributed by atoms with Gasteiger partial charge in [-0.05, 0) is 36.4 Å². The normalized spacial score (nSPS) is 11.2. The third-order valence-electron chi connectivity index (χ3n) is 3.21. The van der Waals surface area contributed by atoms with Gasteiger partial charge in [-0.1, -0.05) is 6.07 Å². The zero-order valence-electron chi connectivity index (χ0n) is 11.6. The first-order chi connectivity index (χ1) is 11.0. The number of halogens is 3. The lowest BCUT2D eigenvalue weighted by atomic mass is 10.1. The number of rotatable bonds is 2. The molecule has 4 nitrogen and oxygen atoms in total. The Balaban J connectivity index is 2.03. The molecule has 0 unspecified atom stereocenters. The molecule has 23 heavy (non-hydrogen) atoms. The zero-order valence-corrected chi connectivity index (χ0v) is 11.6. The summed E-state index contributed by atoms with van der Waals surface area (Å²) in [6.45, 7) is 0. The van der Waals surface area contributed by atoms with Crippen LogP contribution in [0.3, 0.4) is 0 Å². The molecule has 0 aliphatic rings. The molecule has 0 aliphatic heterocycles. The molecule has 7 heteroatoms. The van der Waals surface area contributed by atoms with E-state index in [4.69, 9.17) is 5.26 Å². The largest absolute Gasteiger partial charge is 0.416 e. The van der Waals surface area contributed by atoms with Gasteiger partial charge in [0.2, 0.25) is 0 Å². The van der Waals surface area contributed by atoms with E-state index in [0.717, 1.165) is 12.1 Å². The molecule has 3 rings (SSSR count). The molecule has 0 saturated heterocycles. The van der Waals surface area contributed by atoms with Crippen LogP contribution < -0.4 is 0 Å². The average molecular weight is 314 g/mol. The van der Waals surface area contributed by atoms with Gasteiger partial charge in [0.1, 0.15) is 11.8 Å². The van der Waals surface area contributed by atoms with Crippen molar-refractivity contribution in [1.82, 2.24) is 14.8 Å². The van der Waals surface area contributed by atoms with Gasteiger partial charge in [0.25, 0.3) is 0 Å². The Morgan fingerprint density at radius 2 is 1.87 bits per heavy atom. The molecule has 0 amide bonds. The maximum atomic E-state index is 12.7. The summed E-state index contributed by atoms with van der Waals surface area (Å²) in [5, 5.41) is 13.4. The summed E-state index contributed by atoms with van der Waals surface area (Å²) in [4.78, 5) is 4.16. The number of hydrogen-bond acceptors (Lipinski definition) is 3. The summed E-state index contributed by atoms with van der Waals surface area (Å²) in [7, 11) is 0.